The Bertz CT molecular complexity index is 363. The lowest BCUT2D eigenvalue weighted by Gasteiger charge is -2.10. The summed E-state index contributed by atoms with van der Waals surface area (Å²) < 4.78 is 0. The summed E-state index contributed by atoms with van der Waals surface area (Å²) in [4.78, 5) is 11.8. The van der Waals surface area contributed by atoms with Crippen LogP contribution in [-0.4, -0.2) is 12.5 Å². The van der Waals surface area contributed by atoms with E-state index < -0.39 is 0 Å². The molecule has 0 saturated carbocycles. The molecule has 100 valence electrons. The minimum absolute atomic E-state index is 0.107. The largest absolute Gasteiger partial charge is 0.330 e. The first-order valence-corrected chi connectivity index (χ1v) is 6.85. The van der Waals surface area contributed by atoms with E-state index in [-0.39, 0.29) is 5.91 Å². The van der Waals surface area contributed by atoms with E-state index in [1.165, 1.54) is 5.56 Å². The molecule has 0 aliphatic carbocycles. The fraction of sp³-hybridized carbons (Fsp3) is 0.533. The van der Waals surface area contributed by atoms with Crippen LogP contribution in [0.2, 0.25) is 0 Å². The molecule has 0 bridgehead atoms. The van der Waals surface area contributed by atoms with Crippen molar-refractivity contribution >= 4 is 11.6 Å². The first-order chi connectivity index (χ1) is 8.77. The maximum atomic E-state index is 11.8. The van der Waals surface area contributed by atoms with Gasteiger partial charge in [-0.3, -0.25) is 4.79 Å². The summed E-state index contributed by atoms with van der Waals surface area (Å²) in [7, 11) is 0. The minimum Gasteiger partial charge on any atom is -0.330 e. The number of nitrogens with one attached hydrogen (secondary N) is 1. The third-order valence-electron chi connectivity index (χ3n) is 2.92. The van der Waals surface area contributed by atoms with Crippen molar-refractivity contribution in [2.75, 3.05) is 11.9 Å². The van der Waals surface area contributed by atoms with Crippen molar-refractivity contribution in [2.24, 2.45) is 5.73 Å². The smallest absolute Gasteiger partial charge is 0.224 e. The van der Waals surface area contributed by atoms with E-state index in [9.17, 15) is 4.79 Å². The molecule has 0 aliphatic heterocycles. The number of hydrogen-bond acceptors (Lipinski definition) is 2. The maximum absolute atomic E-state index is 11.8. The molecule has 0 radical (unpaired) electrons. The number of benzene rings is 1. The number of hydrogen-bond donors (Lipinski definition) is 2. The summed E-state index contributed by atoms with van der Waals surface area (Å²) in [5.74, 6) is 0.107. The quantitative estimate of drug-likeness (QED) is 0.695. The van der Waals surface area contributed by atoms with E-state index in [4.69, 9.17) is 5.73 Å². The zero-order chi connectivity index (χ0) is 13.2. The van der Waals surface area contributed by atoms with Crippen LogP contribution in [0.4, 0.5) is 5.69 Å². The third kappa shape index (κ3) is 5.32. The van der Waals surface area contributed by atoms with Gasteiger partial charge in [0.1, 0.15) is 0 Å². The van der Waals surface area contributed by atoms with Crippen LogP contribution in [0.15, 0.2) is 24.3 Å². The predicted octanol–water partition coefficient (Wildman–Crippen LogP) is 3.10. The molecule has 1 amide bonds. The van der Waals surface area contributed by atoms with Crippen molar-refractivity contribution in [1.82, 2.24) is 0 Å². The van der Waals surface area contributed by atoms with E-state index in [0.29, 0.717) is 13.0 Å². The van der Waals surface area contributed by atoms with Gasteiger partial charge in [0.05, 0.1) is 0 Å². The zero-order valence-corrected chi connectivity index (χ0v) is 11.2. The summed E-state index contributed by atoms with van der Waals surface area (Å²) in [6.07, 6.45) is 5.62. The Morgan fingerprint density at radius 1 is 1.22 bits per heavy atom. The summed E-state index contributed by atoms with van der Waals surface area (Å²) in [6, 6.07) is 8.03. The predicted molar refractivity (Wildman–Crippen MR) is 76.6 cm³/mol. The van der Waals surface area contributed by atoms with Crippen molar-refractivity contribution in [3.63, 3.8) is 0 Å². The van der Waals surface area contributed by atoms with Gasteiger partial charge in [0.25, 0.3) is 0 Å². The van der Waals surface area contributed by atoms with Crippen LogP contribution >= 0.6 is 0 Å². The third-order valence-corrected chi connectivity index (χ3v) is 2.92. The van der Waals surface area contributed by atoms with E-state index in [0.717, 1.165) is 37.8 Å². The Labute approximate surface area is 110 Å². The van der Waals surface area contributed by atoms with E-state index in [2.05, 4.69) is 18.3 Å². The van der Waals surface area contributed by atoms with Crippen LogP contribution in [0, 0.1) is 0 Å². The summed E-state index contributed by atoms with van der Waals surface area (Å²) in [5.41, 5.74) is 7.60. The highest BCUT2D eigenvalue weighted by Crippen LogP contribution is 2.17. The molecule has 1 aromatic carbocycles. The standard InChI is InChI=1S/C15H24N2O/c1-2-8-13-9-5-6-10-14(13)17-15(18)11-4-3-7-12-16/h5-6,9-10H,2-4,7-8,11-12,16H2,1H3,(H,17,18). The molecule has 18 heavy (non-hydrogen) atoms. The molecule has 3 nitrogen and oxygen atoms in total. The summed E-state index contributed by atoms with van der Waals surface area (Å²) in [5, 5.41) is 3.00. The monoisotopic (exact) mass is 248 g/mol. The van der Waals surface area contributed by atoms with Gasteiger partial charge in [-0.2, -0.15) is 0 Å². The topological polar surface area (TPSA) is 55.1 Å². The normalized spacial score (nSPS) is 10.3. The van der Waals surface area contributed by atoms with Gasteiger partial charge < -0.3 is 11.1 Å². The van der Waals surface area contributed by atoms with E-state index in [1.807, 2.05) is 18.2 Å². The first-order valence-electron chi connectivity index (χ1n) is 6.85. The van der Waals surface area contributed by atoms with Crippen LogP contribution in [0.3, 0.4) is 0 Å². The van der Waals surface area contributed by atoms with Crippen molar-refractivity contribution < 1.29 is 4.79 Å². The lowest BCUT2D eigenvalue weighted by molar-refractivity contribution is -0.116. The van der Waals surface area contributed by atoms with Gasteiger partial charge in [0.2, 0.25) is 5.91 Å². The molecule has 0 spiro atoms. The number of unbranched alkanes of at least 4 members (excludes halogenated alkanes) is 2. The Balaban J connectivity index is 2.43. The molecule has 0 saturated heterocycles. The van der Waals surface area contributed by atoms with Gasteiger partial charge in [-0.05, 0) is 37.4 Å². The highest BCUT2D eigenvalue weighted by Gasteiger charge is 2.05. The molecule has 1 aromatic rings. The number of carbonyl (C=O) groups is 1. The maximum Gasteiger partial charge on any atom is 0.224 e. The molecule has 3 N–H and O–H groups in total. The molecule has 0 aliphatic rings. The molecular weight excluding hydrogens is 224 g/mol. The van der Waals surface area contributed by atoms with Crippen LogP contribution in [-0.2, 0) is 11.2 Å². The van der Waals surface area contributed by atoms with Gasteiger partial charge in [-0.15, -0.1) is 0 Å². The zero-order valence-electron chi connectivity index (χ0n) is 11.2. The number of anilines is 1. The van der Waals surface area contributed by atoms with Gasteiger partial charge in [0, 0.05) is 12.1 Å². The van der Waals surface area contributed by atoms with Crippen molar-refractivity contribution in [3.05, 3.63) is 29.8 Å². The van der Waals surface area contributed by atoms with Crippen LogP contribution in [0.1, 0.15) is 44.6 Å². The van der Waals surface area contributed by atoms with Crippen molar-refractivity contribution in [3.8, 4) is 0 Å². The first kappa shape index (κ1) is 14.7. The van der Waals surface area contributed by atoms with Gasteiger partial charge >= 0.3 is 0 Å². The SMILES string of the molecule is CCCc1ccccc1NC(=O)CCCCCN. The molecule has 3 heteroatoms. The highest BCUT2D eigenvalue weighted by atomic mass is 16.1. The highest BCUT2D eigenvalue weighted by molar-refractivity contribution is 5.91. The fourth-order valence-electron chi connectivity index (χ4n) is 1.95. The Hall–Kier alpha value is -1.35. The molecular formula is C15H24N2O. The van der Waals surface area contributed by atoms with Gasteiger partial charge in [-0.1, -0.05) is 38.0 Å². The number of amides is 1. The second kappa shape index (κ2) is 8.70. The molecule has 0 atom stereocenters. The van der Waals surface area contributed by atoms with Crippen LogP contribution < -0.4 is 11.1 Å². The van der Waals surface area contributed by atoms with Crippen molar-refractivity contribution in [2.45, 2.75) is 45.4 Å². The number of para-hydroxylation sites is 1. The second-order valence-electron chi connectivity index (χ2n) is 4.55. The van der Waals surface area contributed by atoms with Crippen LogP contribution in [0.5, 0.6) is 0 Å². The number of aryl methyl sites for hydroxylation is 1. The molecule has 0 heterocycles. The Morgan fingerprint density at radius 2 is 2.00 bits per heavy atom. The Morgan fingerprint density at radius 3 is 2.72 bits per heavy atom. The number of carbonyl (C=O) groups excluding carboxylic acids is 1. The molecule has 0 unspecified atom stereocenters. The summed E-state index contributed by atoms with van der Waals surface area (Å²) >= 11 is 0. The lowest BCUT2D eigenvalue weighted by Crippen LogP contribution is -2.12. The molecule has 1 rings (SSSR count). The molecule has 0 aromatic heterocycles. The average Bonchev–Trinajstić information content (AvgIpc) is 2.37. The lowest BCUT2D eigenvalue weighted by atomic mass is 10.1. The number of rotatable bonds is 8. The van der Waals surface area contributed by atoms with Gasteiger partial charge in [-0.25, -0.2) is 0 Å². The van der Waals surface area contributed by atoms with E-state index in [1.54, 1.807) is 0 Å². The Kier molecular flexibility index (Phi) is 7.11. The fourth-order valence-corrected chi connectivity index (χ4v) is 1.95. The second-order valence-corrected chi connectivity index (χ2v) is 4.55. The van der Waals surface area contributed by atoms with Crippen molar-refractivity contribution in [1.29, 1.82) is 0 Å². The van der Waals surface area contributed by atoms with E-state index >= 15 is 0 Å². The van der Waals surface area contributed by atoms with Crippen LogP contribution in [0.25, 0.3) is 0 Å². The summed E-state index contributed by atoms with van der Waals surface area (Å²) in [6.45, 7) is 2.85. The van der Waals surface area contributed by atoms with Gasteiger partial charge in [0.15, 0.2) is 0 Å². The number of nitrogens with two attached hydrogens (primary N) is 1. The molecule has 0 fully saturated rings. The minimum atomic E-state index is 0.107. The average molecular weight is 248 g/mol.